The lowest BCUT2D eigenvalue weighted by atomic mass is 9.62. The van der Waals surface area contributed by atoms with E-state index >= 15 is 0 Å². The maximum Gasteiger partial charge on any atom is 0.0642 e. The minimum atomic E-state index is -0.483. The molecule has 180 valence electrons. The monoisotopic (exact) mass is 460 g/mol. The van der Waals surface area contributed by atoms with Crippen molar-refractivity contribution in [2.75, 3.05) is 0 Å². The van der Waals surface area contributed by atoms with E-state index in [9.17, 15) is 10.2 Å². The second-order valence-corrected chi connectivity index (χ2v) is 11.5. The van der Waals surface area contributed by atoms with Crippen molar-refractivity contribution in [3.05, 3.63) is 47.1 Å². The van der Waals surface area contributed by atoms with E-state index < -0.39 is 5.60 Å². The molecule has 0 amide bonds. The SMILES string of the molecule is C=C1/C(=C/C=C2/CCCC3(C)C(C(C)CCCC(O)(CC)CC)=CCC23)CC(O)CC1Cl. The number of halogens is 1. The highest BCUT2D eigenvalue weighted by Crippen LogP contribution is 2.57. The zero-order valence-electron chi connectivity index (χ0n) is 20.8. The summed E-state index contributed by atoms with van der Waals surface area (Å²) >= 11 is 6.39. The van der Waals surface area contributed by atoms with Gasteiger partial charge in [-0.25, -0.2) is 0 Å². The Morgan fingerprint density at radius 3 is 2.72 bits per heavy atom. The van der Waals surface area contributed by atoms with Crippen molar-refractivity contribution in [1.29, 1.82) is 0 Å². The first-order valence-corrected chi connectivity index (χ1v) is 13.4. The lowest BCUT2D eigenvalue weighted by Gasteiger charge is -2.42. The Kier molecular flexibility index (Phi) is 8.56. The summed E-state index contributed by atoms with van der Waals surface area (Å²) in [7, 11) is 0. The third kappa shape index (κ3) is 5.45. The van der Waals surface area contributed by atoms with E-state index in [0.29, 0.717) is 24.7 Å². The molecule has 0 saturated heterocycles. The zero-order chi connectivity index (χ0) is 23.5. The van der Waals surface area contributed by atoms with Crippen LogP contribution in [0.15, 0.2) is 47.1 Å². The molecule has 0 heterocycles. The van der Waals surface area contributed by atoms with Crippen LogP contribution in [0, 0.1) is 17.3 Å². The number of alkyl halides is 1. The molecule has 2 fully saturated rings. The maximum absolute atomic E-state index is 10.6. The van der Waals surface area contributed by atoms with Gasteiger partial charge in [0.1, 0.15) is 0 Å². The van der Waals surface area contributed by atoms with E-state index in [1.165, 1.54) is 19.3 Å². The summed E-state index contributed by atoms with van der Waals surface area (Å²) in [5.74, 6) is 1.16. The first kappa shape index (κ1) is 25.8. The number of hydrogen-bond acceptors (Lipinski definition) is 2. The van der Waals surface area contributed by atoms with Crippen LogP contribution >= 0.6 is 11.6 Å². The predicted molar refractivity (Wildman–Crippen MR) is 137 cm³/mol. The summed E-state index contributed by atoms with van der Waals surface area (Å²) in [6, 6.07) is 0. The third-order valence-corrected chi connectivity index (χ3v) is 9.40. The number of allylic oxidation sites excluding steroid dienone is 6. The van der Waals surface area contributed by atoms with Gasteiger partial charge < -0.3 is 10.2 Å². The van der Waals surface area contributed by atoms with Gasteiger partial charge in [-0.15, -0.1) is 11.6 Å². The Labute approximate surface area is 201 Å². The molecule has 2 N–H and O–H groups in total. The Balaban J connectivity index is 1.68. The van der Waals surface area contributed by atoms with Crippen molar-refractivity contribution < 1.29 is 10.2 Å². The van der Waals surface area contributed by atoms with Gasteiger partial charge in [0, 0.05) is 0 Å². The van der Waals surface area contributed by atoms with E-state index in [1.807, 2.05) is 0 Å². The molecule has 2 saturated carbocycles. The van der Waals surface area contributed by atoms with Gasteiger partial charge in [0.25, 0.3) is 0 Å². The summed E-state index contributed by atoms with van der Waals surface area (Å²) in [6.45, 7) is 13.3. The van der Waals surface area contributed by atoms with Gasteiger partial charge in [0.15, 0.2) is 0 Å². The van der Waals surface area contributed by atoms with Crippen LogP contribution in [0.4, 0.5) is 0 Å². The molecule has 0 aromatic rings. The Bertz CT molecular complexity index is 772. The van der Waals surface area contributed by atoms with Crippen molar-refractivity contribution >= 4 is 11.6 Å². The molecular formula is C29H45ClO2. The summed E-state index contributed by atoms with van der Waals surface area (Å²) in [4.78, 5) is 0. The Hall–Kier alpha value is -0.830. The highest BCUT2D eigenvalue weighted by molar-refractivity contribution is 6.22. The molecule has 3 aliphatic carbocycles. The van der Waals surface area contributed by atoms with E-state index in [2.05, 4.69) is 52.5 Å². The smallest absolute Gasteiger partial charge is 0.0642 e. The fourth-order valence-corrected chi connectivity index (χ4v) is 6.89. The highest BCUT2D eigenvalue weighted by atomic mass is 35.5. The number of hydrogen-bond donors (Lipinski definition) is 2. The standard InChI is InChI=1S/C29H45ClO2/c1-6-29(32,7-2)17-8-10-20(3)25-14-15-26-22(11-9-16-28(25,26)5)12-13-23-18-24(31)19-27(30)21(23)4/h12-14,20,24,26-27,31-32H,4,6-11,15-19H2,1-3,5H3/b22-12-,23-13+. The predicted octanol–water partition coefficient (Wildman–Crippen LogP) is 7.65. The van der Waals surface area contributed by atoms with E-state index in [4.69, 9.17) is 11.6 Å². The Morgan fingerprint density at radius 1 is 1.31 bits per heavy atom. The van der Waals surface area contributed by atoms with Crippen LogP contribution in [0.3, 0.4) is 0 Å². The molecule has 3 rings (SSSR count). The Morgan fingerprint density at radius 2 is 2.03 bits per heavy atom. The molecule has 0 radical (unpaired) electrons. The summed E-state index contributed by atoms with van der Waals surface area (Å²) in [5.41, 5.74) is 5.06. The average molecular weight is 461 g/mol. The van der Waals surface area contributed by atoms with Gasteiger partial charge in [-0.2, -0.15) is 0 Å². The quantitative estimate of drug-likeness (QED) is 0.288. The maximum atomic E-state index is 10.6. The molecule has 2 nitrogen and oxygen atoms in total. The fourth-order valence-electron chi connectivity index (χ4n) is 6.55. The third-order valence-electron chi connectivity index (χ3n) is 8.96. The van der Waals surface area contributed by atoms with Crippen molar-refractivity contribution in [1.82, 2.24) is 0 Å². The lowest BCUT2D eigenvalue weighted by molar-refractivity contribution is 0.0204. The summed E-state index contributed by atoms with van der Waals surface area (Å²) in [6.07, 6.45) is 17.6. The van der Waals surface area contributed by atoms with E-state index in [1.54, 1.807) is 11.1 Å². The van der Waals surface area contributed by atoms with Crippen molar-refractivity contribution in [2.45, 2.75) is 115 Å². The van der Waals surface area contributed by atoms with Crippen molar-refractivity contribution in [2.24, 2.45) is 17.3 Å². The fraction of sp³-hybridized carbons (Fsp3) is 0.724. The molecule has 32 heavy (non-hydrogen) atoms. The summed E-state index contributed by atoms with van der Waals surface area (Å²) < 4.78 is 0. The molecule has 0 spiro atoms. The minimum absolute atomic E-state index is 0.154. The molecule has 0 aromatic heterocycles. The summed E-state index contributed by atoms with van der Waals surface area (Å²) in [5, 5.41) is 20.6. The molecule has 5 unspecified atom stereocenters. The van der Waals surface area contributed by atoms with E-state index in [-0.39, 0.29) is 16.9 Å². The molecule has 0 aliphatic heterocycles. The second kappa shape index (κ2) is 10.6. The highest BCUT2D eigenvalue weighted by Gasteiger charge is 2.45. The normalized spacial score (nSPS) is 34.7. The first-order chi connectivity index (χ1) is 15.1. The molecule has 3 aliphatic rings. The largest absolute Gasteiger partial charge is 0.393 e. The molecular weight excluding hydrogens is 416 g/mol. The second-order valence-electron chi connectivity index (χ2n) is 11.0. The molecule has 5 atom stereocenters. The molecule has 0 aromatic carbocycles. The van der Waals surface area contributed by atoms with Crippen LogP contribution in [-0.2, 0) is 0 Å². The number of aliphatic hydroxyl groups excluding tert-OH is 1. The van der Waals surface area contributed by atoms with Gasteiger partial charge in [0.2, 0.25) is 0 Å². The van der Waals surface area contributed by atoms with Crippen LogP contribution in [0.25, 0.3) is 0 Å². The number of rotatable bonds is 8. The van der Waals surface area contributed by atoms with Crippen LogP contribution in [-0.4, -0.2) is 27.3 Å². The van der Waals surface area contributed by atoms with Crippen LogP contribution in [0.1, 0.15) is 98.3 Å². The minimum Gasteiger partial charge on any atom is -0.393 e. The van der Waals surface area contributed by atoms with Crippen LogP contribution in [0.2, 0.25) is 0 Å². The molecule has 3 heteroatoms. The van der Waals surface area contributed by atoms with Crippen molar-refractivity contribution in [3.8, 4) is 0 Å². The van der Waals surface area contributed by atoms with Gasteiger partial charge in [-0.3, -0.25) is 0 Å². The number of aliphatic hydroxyl groups is 2. The average Bonchev–Trinajstić information content (AvgIpc) is 3.12. The van der Waals surface area contributed by atoms with Crippen LogP contribution < -0.4 is 0 Å². The molecule has 0 bridgehead atoms. The lowest BCUT2D eigenvalue weighted by Crippen LogP contribution is -2.32. The van der Waals surface area contributed by atoms with Gasteiger partial charge in [-0.05, 0) is 92.6 Å². The van der Waals surface area contributed by atoms with Crippen molar-refractivity contribution in [3.63, 3.8) is 0 Å². The topological polar surface area (TPSA) is 40.5 Å². The van der Waals surface area contributed by atoms with Gasteiger partial charge >= 0.3 is 0 Å². The van der Waals surface area contributed by atoms with Gasteiger partial charge in [0.05, 0.1) is 17.1 Å². The van der Waals surface area contributed by atoms with Crippen LogP contribution in [0.5, 0.6) is 0 Å². The van der Waals surface area contributed by atoms with E-state index in [0.717, 1.165) is 49.7 Å². The van der Waals surface area contributed by atoms with Gasteiger partial charge in [-0.1, -0.05) is 70.1 Å². The number of fused-ring (bicyclic) bond motifs is 1. The zero-order valence-corrected chi connectivity index (χ0v) is 21.6. The first-order valence-electron chi connectivity index (χ1n) is 13.0.